The van der Waals surface area contributed by atoms with Gasteiger partial charge in [-0.3, -0.25) is 9.67 Å². The lowest BCUT2D eigenvalue weighted by atomic mass is 10.1. The molecular weight excluding hydrogens is 222 g/mol. The first-order chi connectivity index (χ1) is 7.74. The zero-order chi connectivity index (χ0) is 11.5. The van der Waals surface area contributed by atoms with Crippen molar-refractivity contribution >= 4 is 11.6 Å². The molecule has 4 heteroatoms. The van der Waals surface area contributed by atoms with Crippen LogP contribution in [0.5, 0.6) is 0 Å². The molecule has 84 valence electrons. The monoisotopic (exact) mass is 235 g/mol. The van der Waals surface area contributed by atoms with Crippen LogP contribution in [0.3, 0.4) is 0 Å². The molecule has 0 fully saturated rings. The van der Waals surface area contributed by atoms with Crippen LogP contribution in [0.15, 0.2) is 30.7 Å². The Kier molecular flexibility index (Phi) is 3.25. The Hall–Kier alpha value is -1.35. The summed E-state index contributed by atoms with van der Waals surface area (Å²) >= 11 is 5.92. The van der Waals surface area contributed by atoms with E-state index in [4.69, 9.17) is 11.6 Å². The van der Waals surface area contributed by atoms with E-state index in [0.29, 0.717) is 11.9 Å². The molecule has 0 saturated heterocycles. The van der Waals surface area contributed by atoms with Gasteiger partial charge in [0.05, 0.1) is 5.69 Å². The van der Waals surface area contributed by atoms with Gasteiger partial charge >= 0.3 is 0 Å². The number of pyridine rings is 1. The molecule has 0 spiro atoms. The Labute approximate surface area is 100 Å². The molecule has 0 N–H and O–H groups in total. The van der Waals surface area contributed by atoms with Crippen molar-refractivity contribution in [3.8, 4) is 11.3 Å². The molecule has 2 aromatic rings. The topological polar surface area (TPSA) is 30.7 Å². The van der Waals surface area contributed by atoms with Crippen LogP contribution in [-0.2, 0) is 5.88 Å². The van der Waals surface area contributed by atoms with E-state index in [1.165, 1.54) is 0 Å². The normalized spacial score (nSPS) is 11.0. The summed E-state index contributed by atoms with van der Waals surface area (Å²) in [6.45, 7) is 4.21. The molecule has 2 aromatic heterocycles. The Morgan fingerprint density at radius 2 is 2.12 bits per heavy atom. The lowest BCUT2D eigenvalue weighted by Crippen LogP contribution is -2.05. The van der Waals surface area contributed by atoms with E-state index in [9.17, 15) is 0 Å². The average Bonchev–Trinajstić information content (AvgIpc) is 2.77. The summed E-state index contributed by atoms with van der Waals surface area (Å²) in [6.07, 6.45) is 5.41. The SMILES string of the molecule is CC(C)n1nccc1-c1cnccc1CCl. The van der Waals surface area contributed by atoms with Crippen LogP contribution in [0.2, 0.25) is 0 Å². The van der Waals surface area contributed by atoms with Crippen molar-refractivity contribution in [1.82, 2.24) is 14.8 Å². The second kappa shape index (κ2) is 4.66. The minimum absolute atomic E-state index is 0.327. The molecule has 0 unspecified atom stereocenters. The van der Waals surface area contributed by atoms with E-state index in [0.717, 1.165) is 16.8 Å². The number of alkyl halides is 1. The van der Waals surface area contributed by atoms with Gasteiger partial charge in [-0.15, -0.1) is 11.6 Å². The molecule has 0 aliphatic heterocycles. The van der Waals surface area contributed by atoms with Crippen molar-refractivity contribution in [2.45, 2.75) is 25.8 Å². The zero-order valence-corrected chi connectivity index (χ0v) is 10.1. The molecular formula is C12H14ClN3. The molecule has 0 atom stereocenters. The summed E-state index contributed by atoms with van der Waals surface area (Å²) in [6, 6.07) is 4.26. The van der Waals surface area contributed by atoms with Gasteiger partial charge in [-0.05, 0) is 31.5 Å². The van der Waals surface area contributed by atoms with Crippen LogP contribution in [0.25, 0.3) is 11.3 Å². The van der Waals surface area contributed by atoms with Gasteiger partial charge in [0, 0.05) is 36.1 Å². The summed E-state index contributed by atoms with van der Waals surface area (Å²) < 4.78 is 1.98. The van der Waals surface area contributed by atoms with Crippen molar-refractivity contribution in [2.24, 2.45) is 0 Å². The quantitative estimate of drug-likeness (QED) is 0.765. The average molecular weight is 236 g/mol. The summed E-state index contributed by atoms with van der Waals surface area (Å²) in [5.74, 6) is 0.487. The molecule has 0 amide bonds. The van der Waals surface area contributed by atoms with Crippen LogP contribution in [0, 0.1) is 0 Å². The standard InChI is InChI=1S/C12H14ClN3/c1-9(2)16-12(4-6-15-16)11-8-14-5-3-10(11)7-13/h3-6,8-9H,7H2,1-2H3. The number of rotatable bonds is 3. The predicted octanol–water partition coefficient (Wildman–Crippen LogP) is 3.26. The molecule has 0 aliphatic rings. The van der Waals surface area contributed by atoms with Crippen molar-refractivity contribution < 1.29 is 0 Å². The molecule has 16 heavy (non-hydrogen) atoms. The summed E-state index contributed by atoms with van der Waals surface area (Å²) in [4.78, 5) is 4.15. The van der Waals surface area contributed by atoms with Gasteiger partial charge < -0.3 is 0 Å². The minimum atomic E-state index is 0.327. The lowest BCUT2D eigenvalue weighted by Gasteiger charge is -2.12. The summed E-state index contributed by atoms with van der Waals surface area (Å²) in [7, 11) is 0. The summed E-state index contributed by atoms with van der Waals surface area (Å²) in [5.41, 5.74) is 3.21. The molecule has 0 aliphatic carbocycles. The fraction of sp³-hybridized carbons (Fsp3) is 0.333. The van der Waals surface area contributed by atoms with Crippen molar-refractivity contribution in [3.05, 3.63) is 36.3 Å². The van der Waals surface area contributed by atoms with E-state index in [1.54, 1.807) is 12.4 Å². The molecule has 2 rings (SSSR count). The smallest absolute Gasteiger partial charge is 0.0703 e. The molecule has 0 bridgehead atoms. The van der Waals surface area contributed by atoms with Crippen molar-refractivity contribution in [2.75, 3.05) is 0 Å². The van der Waals surface area contributed by atoms with E-state index < -0.39 is 0 Å². The maximum absolute atomic E-state index is 5.92. The van der Waals surface area contributed by atoms with E-state index in [1.807, 2.05) is 23.0 Å². The third-order valence-corrected chi connectivity index (χ3v) is 2.78. The third kappa shape index (κ3) is 1.95. The second-order valence-electron chi connectivity index (χ2n) is 3.92. The first-order valence-electron chi connectivity index (χ1n) is 5.26. The Bertz CT molecular complexity index is 477. The van der Waals surface area contributed by atoms with E-state index in [2.05, 4.69) is 23.9 Å². The predicted molar refractivity (Wildman–Crippen MR) is 65.4 cm³/mol. The summed E-state index contributed by atoms with van der Waals surface area (Å²) in [5, 5.41) is 4.31. The maximum atomic E-state index is 5.92. The largest absolute Gasteiger partial charge is 0.264 e. The van der Waals surface area contributed by atoms with Gasteiger partial charge in [0.2, 0.25) is 0 Å². The number of halogens is 1. The molecule has 0 saturated carbocycles. The maximum Gasteiger partial charge on any atom is 0.0703 e. The van der Waals surface area contributed by atoms with E-state index >= 15 is 0 Å². The highest BCUT2D eigenvalue weighted by Gasteiger charge is 2.11. The highest BCUT2D eigenvalue weighted by molar-refractivity contribution is 6.17. The third-order valence-electron chi connectivity index (χ3n) is 2.49. The number of nitrogens with zero attached hydrogens (tertiary/aromatic N) is 3. The first kappa shape index (κ1) is 11.1. The van der Waals surface area contributed by atoms with Gasteiger partial charge in [0.1, 0.15) is 0 Å². The fourth-order valence-electron chi connectivity index (χ4n) is 1.71. The highest BCUT2D eigenvalue weighted by atomic mass is 35.5. The minimum Gasteiger partial charge on any atom is -0.264 e. The molecule has 0 radical (unpaired) electrons. The van der Waals surface area contributed by atoms with Crippen LogP contribution in [-0.4, -0.2) is 14.8 Å². The molecule has 0 aromatic carbocycles. The van der Waals surface area contributed by atoms with Gasteiger partial charge in [0.15, 0.2) is 0 Å². The van der Waals surface area contributed by atoms with Crippen LogP contribution < -0.4 is 0 Å². The van der Waals surface area contributed by atoms with Gasteiger partial charge in [-0.25, -0.2) is 0 Å². The molecule has 2 heterocycles. The van der Waals surface area contributed by atoms with Crippen molar-refractivity contribution in [1.29, 1.82) is 0 Å². The van der Waals surface area contributed by atoms with E-state index in [-0.39, 0.29) is 0 Å². The zero-order valence-electron chi connectivity index (χ0n) is 9.39. The Morgan fingerprint density at radius 3 is 2.81 bits per heavy atom. The van der Waals surface area contributed by atoms with Crippen LogP contribution in [0.1, 0.15) is 25.5 Å². The van der Waals surface area contributed by atoms with Crippen molar-refractivity contribution in [3.63, 3.8) is 0 Å². The molecule has 3 nitrogen and oxygen atoms in total. The number of hydrogen-bond acceptors (Lipinski definition) is 2. The number of hydrogen-bond donors (Lipinski definition) is 0. The lowest BCUT2D eigenvalue weighted by molar-refractivity contribution is 0.538. The second-order valence-corrected chi connectivity index (χ2v) is 4.19. The highest BCUT2D eigenvalue weighted by Crippen LogP contribution is 2.25. The van der Waals surface area contributed by atoms with Gasteiger partial charge in [-0.2, -0.15) is 5.10 Å². The first-order valence-corrected chi connectivity index (χ1v) is 5.80. The Balaban J connectivity index is 2.54. The fourth-order valence-corrected chi connectivity index (χ4v) is 1.94. The number of aromatic nitrogens is 3. The van der Waals surface area contributed by atoms with Crippen LogP contribution in [0.4, 0.5) is 0 Å². The Morgan fingerprint density at radius 1 is 1.31 bits per heavy atom. The van der Waals surface area contributed by atoms with Gasteiger partial charge in [-0.1, -0.05) is 0 Å². The van der Waals surface area contributed by atoms with Gasteiger partial charge in [0.25, 0.3) is 0 Å². The van der Waals surface area contributed by atoms with Crippen LogP contribution >= 0.6 is 11.6 Å².